The Labute approximate surface area is 112 Å². The van der Waals surface area contributed by atoms with Crippen LogP contribution in [0.4, 0.5) is 5.95 Å². The highest BCUT2D eigenvalue weighted by Crippen LogP contribution is 2.16. The minimum Gasteiger partial charge on any atom is -0.484 e. The molecule has 0 aliphatic carbocycles. The fourth-order valence-electron chi connectivity index (χ4n) is 1.81. The number of H-pyrrole nitrogens is 1. The van der Waals surface area contributed by atoms with Crippen LogP contribution in [-0.4, -0.2) is 22.5 Å². The second-order valence-electron chi connectivity index (χ2n) is 4.58. The van der Waals surface area contributed by atoms with E-state index in [4.69, 9.17) is 4.74 Å². The molecule has 2 rings (SSSR count). The first-order valence-electron chi connectivity index (χ1n) is 6.05. The van der Waals surface area contributed by atoms with Crippen molar-refractivity contribution < 1.29 is 9.53 Å². The first kappa shape index (κ1) is 13.1. The summed E-state index contributed by atoms with van der Waals surface area (Å²) in [6.45, 7) is 5.81. The molecule has 1 heterocycles. The fraction of sp³-hybridized carbons (Fsp3) is 0.286. The Bertz CT molecular complexity index is 570. The summed E-state index contributed by atoms with van der Waals surface area (Å²) in [5, 5.41) is 2.63. The number of aromatic amines is 1. The summed E-state index contributed by atoms with van der Waals surface area (Å²) in [5.74, 6) is 0.892. The highest BCUT2D eigenvalue weighted by atomic mass is 16.5. The molecule has 0 fully saturated rings. The third-order valence-electron chi connectivity index (χ3n) is 2.53. The molecule has 0 aliphatic heterocycles. The quantitative estimate of drug-likeness (QED) is 0.885. The van der Waals surface area contributed by atoms with E-state index in [-0.39, 0.29) is 12.5 Å². The van der Waals surface area contributed by atoms with E-state index in [1.54, 1.807) is 6.20 Å². The van der Waals surface area contributed by atoms with E-state index in [2.05, 4.69) is 21.4 Å². The number of amides is 1. The molecule has 1 aromatic heterocycles. The molecule has 19 heavy (non-hydrogen) atoms. The average Bonchev–Trinajstić information content (AvgIpc) is 2.71. The van der Waals surface area contributed by atoms with Crippen LogP contribution < -0.4 is 10.1 Å². The van der Waals surface area contributed by atoms with Gasteiger partial charge in [-0.05, 0) is 44.0 Å². The maximum absolute atomic E-state index is 11.7. The highest BCUT2D eigenvalue weighted by Gasteiger charge is 2.06. The number of imidazole rings is 1. The van der Waals surface area contributed by atoms with E-state index in [0.29, 0.717) is 11.7 Å². The first-order chi connectivity index (χ1) is 9.02. The Morgan fingerprint density at radius 2 is 1.95 bits per heavy atom. The van der Waals surface area contributed by atoms with Gasteiger partial charge in [-0.2, -0.15) is 0 Å². The molecule has 2 N–H and O–H groups in total. The van der Waals surface area contributed by atoms with Crippen molar-refractivity contribution in [2.45, 2.75) is 20.8 Å². The molecule has 0 atom stereocenters. The van der Waals surface area contributed by atoms with Crippen LogP contribution in [-0.2, 0) is 4.79 Å². The second kappa shape index (κ2) is 5.56. The fourth-order valence-corrected chi connectivity index (χ4v) is 1.81. The molecule has 1 aromatic carbocycles. The summed E-state index contributed by atoms with van der Waals surface area (Å²) in [6, 6.07) is 5.85. The number of hydrogen-bond acceptors (Lipinski definition) is 3. The molecule has 1 amide bonds. The van der Waals surface area contributed by atoms with Crippen molar-refractivity contribution in [2.24, 2.45) is 0 Å². The Kier molecular flexibility index (Phi) is 3.85. The first-order valence-corrected chi connectivity index (χ1v) is 6.05. The van der Waals surface area contributed by atoms with E-state index in [1.165, 1.54) is 0 Å². The number of carbonyl (C=O) groups excluding carboxylic acids is 1. The molecule has 5 heteroatoms. The van der Waals surface area contributed by atoms with Crippen LogP contribution in [0.2, 0.25) is 0 Å². The van der Waals surface area contributed by atoms with Crippen molar-refractivity contribution in [1.82, 2.24) is 9.97 Å². The van der Waals surface area contributed by atoms with Crippen molar-refractivity contribution in [3.8, 4) is 5.75 Å². The van der Waals surface area contributed by atoms with Gasteiger partial charge in [0, 0.05) is 11.9 Å². The maximum atomic E-state index is 11.7. The van der Waals surface area contributed by atoms with Crippen LogP contribution in [0, 0.1) is 20.8 Å². The second-order valence-corrected chi connectivity index (χ2v) is 4.58. The van der Waals surface area contributed by atoms with Crippen molar-refractivity contribution in [2.75, 3.05) is 11.9 Å². The van der Waals surface area contributed by atoms with Gasteiger partial charge in [0.25, 0.3) is 5.91 Å². The lowest BCUT2D eigenvalue weighted by molar-refractivity contribution is -0.118. The van der Waals surface area contributed by atoms with Gasteiger partial charge in [0.1, 0.15) is 5.75 Å². The Balaban J connectivity index is 1.89. The Morgan fingerprint density at radius 1 is 1.26 bits per heavy atom. The minimum atomic E-state index is -0.242. The average molecular weight is 259 g/mol. The largest absolute Gasteiger partial charge is 0.484 e. The van der Waals surface area contributed by atoms with Gasteiger partial charge in [-0.3, -0.25) is 10.1 Å². The molecule has 0 saturated heterocycles. The number of ether oxygens (including phenoxy) is 1. The number of rotatable bonds is 4. The van der Waals surface area contributed by atoms with Gasteiger partial charge in [0.15, 0.2) is 6.61 Å². The lowest BCUT2D eigenvalue weighted by Crippen LogP contribution is -2.20. The molecule has 0 bridgehead atoms. The SMILES string of the molecule is Cc1cc(C)cc(OCC(=O)Nc2ncc(C)[nH]2)c1. The van der Waals surface area contributed by atoms with Crippen LogP contribution in [0.3, 0.4) is 0 Å². The number of nitrogens with one attached hydrogen (secondary N) is 2. The smallest absolute Gasteiger partial charge is 0.264 e. The lowest BCUT2D eigenvalue weighted by Gasteiger charge is -2.07. The van der Waals surface area contributed by atoms with Crippen LogP contribution >= 0.6 is 0 Å². The Morgan fingerprint density at radius 3 is 2.53 bits per heavy atom. The summed E-state index contributed by atoms with van der Waals surface area (Å²) in [7, 11) is 0. The third-order valence-corrected chi connectivity index (χ3v) is 2.53. The number of anilines is 1. The summed E-state index contributed by atoms with van der Waals surface area (Å²) < 4.78 is 5.45. The van der Waals surface area contributed by atoms with Gasteiger partial charge < -0.3 is 9.72 Å². The minimum absolute atomic E-state index is 0.0390. The normalized spacial score (nSPS) is 10.3. The number of carbonyl (C=O) groups is 1. The zero-order chi connectivity index (χ0) is 13.8. The van der Waals surface area contributed by atoms with Crippen LogP contribution in [0.25, 0.3) is 0 Å². The molecular weight excluding hydrogens is 242 g/mol. The number of benzene rings is 1. The summed E-state index contributed by atoms with van der Waals surface area (Å²) in [5.41, 5.74) is 3.11. The number of nitrogens with zero attached hydrogens (tertiary/aromatic N) is 1. The van der Waals surface area contributed by atoms with Crippen LogP contribution in [0.1, 0.15) is 16.8 Å². The molecule has 5 nitrogen and oxygen atoms in total. The number of aromatic nitrogens is 2. The highest BCUT2D eigenvalue weighted by molar-refractivity contribution is 5.90. The standard InChI is InChI=1S/C14H17N3O2/c1-9-4-10(2)6-12(5-9)19-8-13(18)17-14-15-7-11(3)16-14/h4-7H,8H2,1-3H3,(H2,15,16,17,18). The lowest BCUT2D eigenvalue weighted by atomic mass is 10.1. The molecule has 0 aliphatic rings. The zero-order valence-corrected chi connectivity index (χ0v) is 11.3. The van der Waals surface area contributed by atoms with Crippen molar-refractivity contribution in [1.29, 1.82) is 0 Å². The van der Waals surface area contributed by atoms with Gasteiger partial charge >= 0.3 is 0 Å². The monoisotopic (exact) mass is 259 g/mol. The van der Waals surface area contributed by atoms with Crippen LogP contribution in [0.15, 0.2) is 24.4 Å². The van der Waals surface area contributed by atoms with Gasteiger partial charge in [-0.1, -0.05) is 6.07 Å². The summed E-state index contributed by atoms with van der Waals surface area (Å²) in [4.78, 5) is 18.6. The van der Waals surface area contributed by atoms with E-state index in [1.807, 2.05) is 32.9 Å². The molecule has 0 saturated carbocycles. The molecule has 0 radical (unpaired) electrons. The van der Waals surface area contributed by atoms with E-state index < -0.39 is 0 Å². The third kappa shape index (κ3) is 3.84. The molecule has 2 aromatic rings. The predicted octanol–water partition coefficient (Wildman–Crippen LogP) is 2.35. The number of aryl methyl sites for hydroxylation is 3. The summed E-state index contributed by atoms with van der Waals surface area (Å²) in [6.07, 6.45) is 1.65. The van der Waals surface area contributed by atoms with E-state index in [0.717, 1.165) is 16.8 Å². The van der Waals surface area contributed by atoms with Gasteiger partial charge in [0.05, 0.1) is 0 Å². The van der Waals surface area contributed by atoms with Gasteiger partial charge in [0.2, 0.25) is 5.95 Å². The molecule has 0 unspecified atom stereocenters. The predicted molar refractivity (Wildman–Crippen MR) is 73.4 cm³/mol. The van der Waals surface area contributed by atoms with Gasteiger partial charge in [-0.25, -0.2) is 4.98 Å². The van der Waals surface area contributed by atoms with Crippen molar-refractivity contribution in [3.05, 3.63) is 41.2 Å². The van der Waals surface area contributed by atoms with Crippen molar-refractivity contribution in [3.63, 3.8) is 0 Å². The molecule has 0 spiro atoms. The van der Waals surface area contributed by atoms with E-state index in [9.17, 15) is 4.79 Å². The zero-order valence-electron chi connectivity index (χ0n) is 11.3. The van der Waals surface area contributed by atoms with Crippen LogP contribution in [0.5, 0.6) is 5.75 Å². The van der Waals surface area contributed by atoms with Crippen molar-refractivity contribution >= 4 is 11.9 Å². The maximum Gasteiger partial charge on any atom is 0.264 e. The molecular formula is C14H17N3O2. The number of hydrogen-bond donors (Lipinski definition) is 2. The summed E-state index contributed by atoms with van der Waals surface area (Å²) >= 11 is 0. The topological polar surface area (TPSA) is 67.0 Å². The van der Waals surface area contributed by atoms with E-state index >= 15 is 0 Å². The molecule has 100 valence electrons. The van der Waals surface area contributed by atoms with Gasteiger partial charge in [-0.15, -0.1) is 0 Å². The Hall–Kier alpha value is -2.30.